The number of aromatic nitrogens is 1. The smallest absolute Gasteiger partial charge is 0.0458 e. The number of fused-ring (bicyclic) bond motifs is 1. The first-order valence-corrected chi connectivity index (χ1v) is 6.79. The number of nitrogens with one attached hydrogen (secondary N) is 2. The molecule has 0 aliphatic carbocycles. The van der Waals surface area contributed by atoms with Crippen molar-refractivity contribution < 1.29 is 0 Å². The molecule has 1 saturated heterocycles. The van der Waals surface area contributed by atoms with E-state index in [1.165, 1.54) is 28.6 Å². The van der Waals surface area contributed by atoms with Crippen molar-refractivity contribution >= 4 is 10.9 Å². The molecule has 2 aromatic rings. The molecule has 1 aliphatic rings. The van der Waals surface area contributed by atoms with E-state index in [1.807, 2.05) is 0 Å². The van der Waals surface area contributed by atoms with Gasteiger partial charge in [0.25, 0.3) is 0 Å². The molecule has 96 valence electrons. The molecule has 0 bridgehead atoms. The summed E-state index contributed by atoms with van der Waals surface area (Å²) in [5.41, 5.74) is 9.99. The van der Waals surface area contributed by atoms with Gasteiger partial charge >= 0.3 is 0 Å². The van der Waals surface area contributed by atoms with E-state index in [1.54, 1.807) is 0 Å². The predicted octanol–water partition coefficient (Wildman–Crippen LogP) is 2.13. The SMILES string of the molecule is Cc1[nH]c2ccccc2c1C1CCNCC1CN. The Hall–Kier alpha value is -1.32. The first kappa shape index (κ1) is 11.8. The maximum atomic E-state index is 5.94. The Morgan fingerprint density at radius 3 is 3.00 bits per heavy atom. The summed E-state index contributed by atoms with van der Waals surface area (Å²) in [6, 6.07) is 8.59. The Kier molecular flexibility index (Phi) is 3.10. The highest BCUT2D eigenvalue weighted by Crippen LogP contribution is 2.36. The molecule has 0 radical (unpaired) electrons. The number of aryl methyl sites for hydroxylation is 1. The van der Waals surface area contributed by atoms with Crippen molar-refractivity contribution in [3.8, 4) is 0 Å². The lowest BCUT2D eigenvalue weighted by Crippen LogP contribution is -2.39. The summed E-state index contributed by atoms with van der Waals surface area (Å²) in [6.45, 7) is 5.09. The van der Waals surface area contributed by atoms with Gasteiger partial charge in [-0.2, -0.15) is 0 Å². The van der Waals surface area contributed by atoms with E-state index in [9.17, 15) is 0 Å². The maximum absolute atomic E-state index is 5.94. The van der Waals surface area contributed by atoms with Crippen molar-refractivity contribution in [1.29, 1.82) is 0 Å². The minimum Gasteiger partial charge on any atom is -0.358 e. The summed E-state index contributed by atoms with van der Waals surface area (Å²) in [5.74, 6) is 1.14. The fourth-order valence-electron chi connectivity index (χ4n) is 3.33. The van der Waals surface area contributed by atoms with Crippen molar-refractivity contribution in [3.63, 3.8) is 0 Å². The number of piperidine rings is 1. The van der Waals surface area contributed by atoms with Crippen molar-refractivity contribution in [1.82, 2.24) is 10.3 Å². The first-order chi connectivity index (χ1) is 8.81. The van der Waals surface area contributed by atoms with E-state index in [4.69, 9.17) is 5.73 Å². The zero-order valence-electron chi connectivity index (χ0n) is 10.9. The zero-order chi connectivity index (χ0) is 12.5. The second-order valence-electron chi connectivity index (χ2n) is 5.30. The molecule has 18 heavy (non-hydrogen) atoms. The lowest BCUT2D eigenvalue weighted by molar-refractivity contribution is 0.333. The predicted molar refractivity (Wildman–Crippen MR) is 75.8 cm³/mol. The second-order valence-corrected chi connectivity index (χ2v) is 5.30. The third-order valence-electron chi connectivity index (χ3n) is 4.22. The normalized spacial score (nSPS) is 24.6. The average Bonchev–Trinajstić information content (AvgIpc) is 2.74. The molecule has 2 heterocycles. The third kappa shape index (κ3) is 1.84. The van der Waals surface area contributed by atoms with Crippen LogP contribution in [0.25, 0.3) is 10.9 Å². The molecular weight excluding hydrogens is 222 g/mol. The Labute approximate surface area is 108 Å². The Morgan fingerprint density at radius 2 is 2.17 bits per heavy atom. The highest BCUT2D eigenvalue weighted by atomic mass is 14.9. The summed E-state index contributed by atoms with van der Waals surface area (Å²) in [6.07, 6.45) is 1.19. The molecule has 3 nitrogen and oxygen atoms in total. The summed E-state index contributed by atoms with van der Waals surface area (Å²) in [7, 11) is 0. The molecule has 3 rings (SSSR count). The summed E-state index contributed by atoms with van der Waals surface area (Å²) in [5, 5.41) is 4.83. The van der Waals surface area contributed by atoms with Gasteiger partial charge < -0.3 is 16.0 Å². The quantitative estimate of drug-likeness (QED) is 0.757. The Balaban J connectivity index is 2.09. The zero-order valence-corrected chi connectivity index (χ0v) is 10.9. The van der Waals surface area contributed by atoms with Crippen LogP contribution in [0.3, 0.4) is 0 Å². The van der Waals surface area contributed by atoms with E-state index in [0.29, 0.717) is 11.8 Å². The number of nitrogens with two attached hydrogens (primary N) is 1. The topological polar surface area (TPSA) is 53.8 Å². The van der Waals surface area contributed by atoms with Crippen molar-refractivity contribution in [2.75, 3.05) is 19.6 Å². The Bertz CT molecular complexity index is 544. The fraction of sp³-hybridized carbons (Fsp3) is 0.467. The molecule has 0 amide bonds. The third-order valence-corrected chi connectivity index (χ3v) is 4.22. The monoisotopic (exact) mass is 243 g/mol. The first-order valence-electron chi connectivity index (χ1n) is 6.79. The van der Waals surface area contributed by atoms with Crippen LogP contribution in [0.15, 0.2) is 24.3 Å². The van der Waals surface area contributed by atoms with Crippen LogP contribution in [0.2, 0.25) is 0 Å². The molecule has 1 fully saturated rings. The summed E-state index contributed by atoms with van der Waals surface area (Å²) < 4.78 is 0. The molecule has 2 atom stereocenters. The maximum Gasteiger partial charge on any atom is 0.0458 e. The molecular formula is C15H21N3. The van der Waals surface area contributed by atoms with Gasteiger partial charge in [0, 0.05) is 16.6 Å². The van der Waals surface area contributed by atoms with Gasteiger partial charge in [0.05, 0.1) is 0 Å². The van der Waals surface area contributed by atoms with Crippen LogP contribution in [0.1, 0.15) is 23.6 Å². The molecule has 2 unspecified atom stereocenters. The van der Waals surface area contributed by atoms with E-state index in [0.717, 1.165) is 19.6 Å². The lowest BCUT2D eigenvalue weighted by atomic mass is 9.80. The van der Waals surface area contributed by atoms with Crippen molar-refractivity contribution in [3.05, 3.63) is 35.5 Å². The highest BCUT2D eigenvalue weighted by molar-refractivity contribution is 5.85. The van der Waals surface area contributed by atoms with Gasteiger partial charge in [-0.3, -0.25) is 0 Å². The van der Waals surface area contributed by atoms with Crippen LogP contribution in [-0.4, -0.2) is 24.6 Å². The number of benzene rings is 1. The number of rotatable bonds is 2. The van der Waals surface area contributed by atoms with Crippen LogP contribution < -0.4 is 11.1 Å². The number of aromatic amines is 1. The summed E-state index contributed by atoms with van der Waals surface area (Å²) >= 11 is 0. The number of para-hydroxylation sites is 1. The molecule has 1 aromatic carbocycles. The summed E-state index contributed by atoms with van der Waals surface area (Å²) in [4.78, 5) is 3.51. The Morgan fingerprint density at radius 1 is 1.33 bits per heavy atom. The molecule has 1 aliphatic heterocycles. The van der Waals surface area contributed by atoms with Gasteiger partial charge in [-0.15, -0.1) is 0 Å². The van der Waals surface area contributed by atoms with Gasteiger partial charge in [0.15, 0.2) is 0 Å². The van der Waals surface area contributed by atoms with Gasteiger partial charge in [-0.1, -0.05) is 18.2 Å². The minimum atomic E-state index is 0.552. The molecule has 0 saturated carbocycles. The number of H-pyrrole nitrogens is 1. The number of hydrogen-bond acceptors (Lipinski definition) is 2. The highest BCUT2D eigenvalue weighted by Gasteiger charge is 2.28. The minimum absolute atomic E-state index is 0.552. The standard InChI is InChI=1S/C15H21N3/c1-10-15(12-6-7-17-9-11(12)8-16)13-4-2-3-5-14(13)18-10/h2-5,11-12,17-18H,6-9,16H2,1H3. The van der Waals surface area contributed by atoms with Crippen LogP contribution in [0, 0.1) is 12.8 Å². The van der Waals surface area contributed by atoms with Gasteiger partial charge in [0.2, 0.25) is 0 Å². The number of hydrogen-bond donors (Lipinski definition) is 3. The second kappa shape index (κ2) is 4.75. The van der Waals surface area contributed by atoms with Gasteiger partial charge in [-0.25, -0.2) is 0 Å². The molecule has 3 heteroatoms. The fourth-order valence-corrected chi connectivity index (χ4v) is 3.33. The largest absolute Gasteiger partial charge is 0.358 e. The van der Waals surface area contributed by atoms with E-state index < -0.39 is 0 Å². The van der Waals surface area contributed by atoms with Gasteiger partial charge in [0.1, 0.15) is 0 Å². The lowest BCUT2D eigenvalue weighted by Gasteiger charge is -2.32. The molecule has 4 N–H and O–H groups in total. The van der Waals surface area contributed by atoms with Crippen LogP contribution in [0.5, 0.6) is 0 Å². The average molecular weight is 243 g/mol. The van der Waals surface area contributed by atoms with E-state index >= 15 is 0 Å². The molecule has 1 aromatic heterocycles. The van der Waals surface area contributed by atoms with Crippen molar-refractivity contribution in [2.24, 2.45) is 11.7 Å². The van der Waals surface area contributed by atoms with Crippen LogP contribution >= 0.6 is 0 Å². The van der Waals surface area contributed by atoms with Crippen molar-refractivity contribution in [2.45, 2.75) is 19.3 Å². The van der Waals surface area contributed by atoms with Crippen LogP contribution in [-0.2, 0) is 0 Å². The van der Waals surface area contributed by atoms with Crippen LogP contribution in [0.4, 0.5) is 0 Å². The molecule has 0 spiro atoms. The van der Waals surface area contributed by atoms with Gasteiger partial charge in [-0.05, 0) is 56.4 Å². The van der Waals surface area contributed by atoms with E-state index in [-0.39, 0.29) is 0 Å². The van der Waals surface area contributed by atoms with E-state index in [2.05, 4.69) is 41.5 Å².